The van der Waals surface area contributed by atoms with Gasteiger partial charge in [-0.2, -0.15) is 0 Å². The van der Waals surface area contributed by atoms with Gasteiger partial charge in [0, 0.05) is 11.6 Å². The number of benzene rings is 1. The minimum Gasteiger partial charge on any atom is -0.504 e. The summed E-state index contributed by atoms with van der Waals surface area (Å²) < 4.78 is 6.41. The van der Waals surface area contributed by atoms with Gasteiger partial charge in [0.15, 0.2) is 11.5 Å². The highest BCUT2D eigenvalue weighted by atomic mass is 31.3. The normalized spacial score (nSPS) is 25.3. The summed E-state index contributed by atoms with van der Waals surface area (Å²) in [6, 6.07) is 1.10. The van der Waals surface area contributed by atoms with Crippen LogP contribution in [0.2, 0.25) is 0 Å². The molecular formula is C8H14N3O7P3. The predicted molar refractivity (Wildman–Crippen MR) is 76.2 cm³/mol. The Morgan fingerprint density at radius 3 is 2.57 bits per heavy atom. The van der Waals surface area contributed by atoms with Crippen LogP contribution in [-0.4, -0.2) is 39.8 Å². The first-order chi connectivity index (χ1) is 9.86. The van der Waals surface area contributed by atoms with Crippen molar-refractivity contribution in [2.75, 3.05) is 0 Å². The summed E-state index contributed by atoms with van der Waals surface area (Å²) in [4.78, 5) is 12.2. The first-order valence-corrected chi connectivity index (χ1v) is 8.95. The Morgan fingerprint density at radius 2 is 1.95 bits per heavy atom. The molecule has 0 aliphatic carbocycles. The number of phenols is 3. The minimum absolute atomic E-state index is 0.0440. The highest BCUT2D eigenvalue weighted by molar-refractivity contribution is 7.74. The number of hydrogen-bond donors (Lipinski definition) is 7. The smallest absolute Gasteiger partial charge is 0.282 e. The maximum atomic E-state index is 9.78. The molecule has 0 bridgehead atoms. The van der Waals surface area contributed by atoms with Crippen LogP contribution in [0.1, 0.15) is 12.5 Å². The van der Waals surface area contributed by atoms with Gasteiger partial charge in [0.25, 0.3) is 8.45 Å². The Bertz CT molecular complexity index is 536. The Labute approximate surface area is 123 Å². The van der Waals surface area contributed by atoms with E-state index in [-0.39, 0.29) is 11.3 Å². The van der Waals surface area contributed by atoms with Crippen molar-refractivity contribution in [2.45, 2.75) is 13.3 Å². The van der Waals surface area contributed by atoms with Gasteiger partial charge in [-0.15, -0.1) is 0 Å². The van der Waals surface area contributed by atoms with Gasteiger partial charge >= 0.3 is 0 Å². The lowest BCUT2D eigenvalue weighted by atomic mass is 10.1. The van der Waals surface area contributed by atoms with Crippen molar-refractivity contribution in [3.8, 4) is 23.0 Å². The van der Waals surface area contributed by atoms with Crippen LogP contribution in [0, 0.1) is 0 Å². The Kier molecular flexibility index (Phi) is 5.38. The number of phenolic OH excluding ortho intramolecular Hbond substituents is 3. The summed E-state index contributed by atoms with van der Waals surface area (Å²) in [5.41, 5.74) is 0.236. The van der Waals surface area contributed by atoms with Crippen molar-refractivity contribution in [2.24, 2.45) is 0 Å². The van der Waals surface area contributed by atoms with Crippen LogP contribution >= 0.6 is 25.8 Å². The molecule has 1 heterocycles. The second-order valence-electron chi connectivity index (χ2n) is 3.84. The fourth-order valence-electron chi connectivity index (χ4n) is 1.56. The molecule has 3 atom stereocenters. The van der Waals surface area contributed by atoms with Crippen molar-refractivity contribution in [1.82, 2.24) is 14.1 Å². The lowest BCUT2D eigenvalue weighted by Crippen LogP contribution is -2.28. The van der Waals surface area contributed by atoms with Crippen LogP contribution in [0.15, 0.2) is 6.07 Å². The lowest BCUT2D eigenvalue weighted by molar-refractivity contribution is 0.0322. The summed E-state index contributed by atoms with van der Waals surface area (Å²) in [5, 5.41) is 47.7. The Balaban J connectivity index is 2.27. The molecule has 1 aliphatic rings. The molecule has 2 rings (SSSR count). The SMILES string of the molecule is CCc1c(OP2NPN(O)P(O)N2O)cc(O)c(O)c1O. The van der Waals surface area contributed by atoms with Crippen molar-refractivity contribution in [3.63, 3.8) is 0 Å². The van der Waals surface area contributed by atoms with Gasteiger partial charge in [-0.25, -0.2) is 4.86 Å². The van der Waals surface area contributed by atoms with Crippen molar-refractivity contribution in [1.29, 1.82) is 0 Å². The molecule has 118 valence electrons. The Hall–Kier alpha value is -0.530. The highest BCUT2D eigenvalue weighted by Gasteiger charge is 2.38. The monoisotopic (exact) mass is 357 g/mol. The molecular weight excluding hydrogens is 343 g/mol. The standard InChI is InChI=1S/C8H14N3O7P3/c1-2-4-6(3-5(12)8(14)7(4)13)18-20-9-19-10(15)21(17)11(20)16/h3,9,12-17,19H,2H2,1H3. The molecule has 0 aromatic heterocycles. The molecule has 13 heteroatoms. The second kappa shape index (κ2) is 6.71. The van der Waals surface area contributed by atoms with Crippen molar-refractivity contribution in [3.05, 3.63) is 11.6 Å². The highest BCUT2D eigenvalue weighted by Crippen LogP contribution is 2.62. The third-order valence-electron chi connectivity index (χ3n) is 2.59. The summed E-state index contributed by atoms with van der Waals surface area (Å²) in [5.74, 6) is -1.70. The van der Waals surface area contributed by atoms with Gasteiger partial charge < -0.3 is 29.9 Å². The van der Waals surface area contributed by atoms with E-state index in [1.165, 1.54) is 0 Å². The zero-order valence-electron chi connectivity index (χ0n) is 10.7. The van der Waals surface area contributed by atoms with E-state index in [0.717, 1.165) is 6.07 Å². The second-order valence-corrected chi connectivity index (χ2v) is 8.47. The molecule has 1 aromatic rings. The minimum atomic E-state index is -2.33. The van der Waals surface area contributed by atoms with Crippen LogP contribution in [0.5, 0.6) is 23.0 Å². The average Bonchev–Trinajstić information content (AvgIpc) is 2.46. The van der Waals surface area contributed by atoms with Crippen LogP contribution < -0.4 is 9.38 Å². The van der Waals surface area contributed by atoms with Gasteiger partial charge in [0.05, 0.1) is 8.88 Å². The summed E-state index contributed by atoms with van der Waals surface area (Å²) in [6.45, 7) is 1.70. The molecule has 0 saturated carbocycles. The van der Waals surface area contributed by atoms with E-state index in [0.29, 0.717) is 15.6 Å². The molecule has 10 nitrogen and oxygen atoms in total. The first-order valence-electron chi connectivity index (χ1n) is 5.59. The topological polar surface area (TPSA) is 149 Å². The molecule has 3 unspecified atom stereocenters. The molecule has 1 saturated heterocycles. The van der Waals surface area contributed by atoms with Gasteiger partial charge in [-0.1, -0.05) is 16.1 Å². The van der Waals surface area contributed by atoms with Gasteiger partial charge in [-0.3, -0.25) is 5.21 Å². The van der Waals surface area contributed by atoms with Gasteiger partial charge in [0.2, 0.25) is 14.2 Å². The maximum absolute atomic E-state index is 9.78. The van der Waals surface area contributed by atoms with E-state index in [4.69, 9.17) is 4.52 Å². The summed E-state index contributed by atoms with van der Waals surface area (Å²) >= 11 is 0. The zero-order chi connectivity index (χ0) is 15.7. The van der Waals surface area contributed by atoms with Crippen LogP contribution in [0.25, 0.3) is 0 Å². The number of nitrogens with zero attached hydrogens (tertiary/aromatic N) is 2. The zero-order valence-corrected chi connectivity index (χ0v) is 13.5. The number of aromatic hydroxyl groups is 3. The van der Waals surface area contributed by atoms with Crippen LogP contribution in [0.4, 0.5) is 0 Å². The van der Waals surface area contributed by atoms with E-state index in [9.17, 15) is 30.6 Å². The van der Waals surface area contributed by atoms with Gasteiger partial charge in [-0.05, 0) is 6.42 Å². The first kappa shape index (κ1) is 16.8. The quantitative estimate of drug-likeness (QED) is 0.315. The number of hydrogen-bond acceptors (Lipinski definition) is 10. The fourth-order valence-corrected chi connectivity index (χ4v) is 5.94. The third kappa shape index (κ3) is 3.29. The van der Waals surface area contributed by atoms with Gasteiger partial charge in [0.1, 0.15) is 5.75 Å². The fraction of sp³-hybridized carbons (Fsp3) is 0.250. The average molecular weight is 357 g/mol. The lowest BCUT2D eigenvalue weighted by Gasteiger charge is -2.36. The molecule has 0 radical (unpaired) electrons. The van der Waals surface area contributed by atoms with Crippen LogP contribution in [0.3, 0.4) is 0 Å². The summed E-state index contributed by atoms with van der Waals surface area (Å²) in [6.07, 6.45) is 0.298. The number of rotatable bonds is 3. The van der Waals surface area contributed by atoms with E-state index in [1.54, 1.807) is 6.92 Å². The predicted octanol–water partition coefficient (Wildman–Crippen LogP) is 1.68. The van der Waals surface area contributed by atoms with Crippen molar-refractivity contribution < 1.29 is 35.2 Å². The molecule has 1 aliphatic heterocycles. The summed E-state index contributed by atoms with van der Waals surface area (Å²) in [7, 11) is -4.63. The molecule has 7 N–H and O–H groups in total. The largest absolute Gasteiger partial charge is 0.504 e. The molecule has 1 aromatic carbocycles. The van der Waals surface area contributed by atoms with E-state index >= 15 is 0 Å². The van der Waals surface area contributed by atoms with Crippen molar-refractivity contribution >= 4 is 25.8 Å². The number of nitrogens with one attached hydrogen (secondary N) is 1. The van der Waals surface area contributed by atoms with E-state index in [2.05, 4.69) is 4.86 Å². The van der Waals surface area contributed by atoms with E-state index < -0.39 is 43.0 Å². The van der Waals surface area contributed by atoms with Crippen LogP contribution in [-0.2, 0) is 6.42 Å². The third-order valence-corrected chi connectivity index (χ3v) is 7.12. The molecule has 21 heavy (non-hydrogen) atoms. The molecule has 0 amide bonds. The molecule has 0 spiro atoms. The van der Waals surface area contributed by atoms with E-state index in [1.807, 2.05) is 0 Å². The Morgan fingerprint density at radius 1 is 1.29 bits per heavy atom. The maximum Gasteiger partial charge on any atom is 0.282 e. The molecule has 1 fully saturated rings.